The molecule has 1 saturated heterocycles. The zero-order valence-electron chi connectivity index (χ0n) is 9.18. The van der Waals surface area contributed by atoms with Gasteiger partial charge < -0.3 is 10.5 Å². The highest BCUT2D eigenvalue weighted by Crippen LogP contribution is 2.32. The van der Waals surface area contributed by atoms with E-state index in [4.69, 9.17) is 10.5 Å². The molecule has 1 rings (SSSR count). The minimum atomic E-state index is 0.302. The van der Waals surface area contributed by atoms with Crippen molar-refractivity contribution in [3.63, 3.8) is 0 Å². The van der Waals surface area contributed by atoms with Crippen molar-refractivity contribution in [3.05, 3.63) is 0 Å². The van der Waals surface area contributed by atoms with Gasteiger partial charge in [-0.3, -0.25) is 0 Å². The highest BCUT2D eigenvalue weighted by atomic mass is 16.5. The third-order valence-electron chi connectivity index (χ3n) is 2.68. The third-order valence-corrected chi connectivity index (χ3v) is 2.68. The van der Waals surface area contributed by atoms with Crippen molar-refractivity contribution in [2.24, 2.45) is 11.1 Å². The molecule has 0 aromatic rings. The SMILES string of the molecule is CC(N)CC(C)(C)CC1CCCO1. The van der Waals surface area contributed by atoms with Crippen LogP contribution in [0.1, 0.15) is 46.5 Å². The van der Waals surface area contributed by atoms with E-state index in [1.807, 2.05) is 0 Å². The first-order valence-corrected chi connectivity index (χ1v) is 5.37. The Morgan fingerprint density at radius 1 is 1.54 bits per heavy atom. The Balaban J connectivity index is 2.31. The largest absolute Gasteiger partial charge is 0.378 e. The lowest BCUT2D eigenvalue weighted by atomic mass is 9.81. The summed E-state index contributed by atoms with van der Waals surface area (Å²) in [5, 5.41) is 0. The summed E-state index contributed by atoms with van der Waals surface area (Å²) in [6, 6.07) is 0.302. The van der Waals surface area contributed by atoms with Crippen LogP contribution >= 0.6 is 0 Å². The van der Waals surface area contributed by atoms with Crippen molar-refractivity contribution in [1.82, 2.24) is 0 Å². The Morgan fingerprint density at radius 2 is 2.23 bits per heavy atom. The van der Waals surface area contributed by atoms with E-state index in [0.29, 0.717) is 17.6 Å². The van der Waals surface area contributed by atoms with E-state index in [9.17, 15) is 0 Å². The van der Waals surface area contributed by atoms with Crippen LogP contribution in [0.2, 0.25) is 0 Å². The molecule has 1 fully saturated rings. The monoisotopic (exact) mass is 185 g/mol. The standard InChI is InChI=1S/C11H23NO/c1-9(12)7-11(2,3)8-10-5-4-6-13-10/h9-10H,4-8,12H2,1-3H3. The molecule has 0 aliphatic carbocycles. The van der Waals surface area contributed by atoms with Gasteiger partial charge in [0.1, 0.15) is 0 Å². The van der Waals surface area contributed by atoms with Gasteiger partial charge in [0.05, 0.1) is 6.10 Å². The smallest absolute Gasteiger partial charge is 0.0581 e. The molecular formula is C11H23NO. The normalized spacial score (nSPS) is 26.3. The van der Waals surface area contributed by atoms with Crippen LogP contribution in [0, 0.1) is 5.41 Å². The quantitative estimate of drug-likeness (QED) is 0.729. The second-order valence-corrected chi connectivity index (χ2v) is 5.18. The van der Waals surface area contributed by atoms with Crippen molar-refractivity contribution >= 4 is 0 Å². The molecular weight excluding hydrogens is 162 g/mol. The molecule has 1 aliphatic rings. The molecule has 2 unspecified atom stereocenters. The van der Waals surface area contributed by atoms with Crippen LogP contribution in [0.25, 0.3) is 0 Å². The predicted octanol–water partition coefficient (Wildman–Crippen LogP) is 2.32. The van der Waals surface area contributed by atoms with Crippen LogP contribution in [0.5, 0.6) is 0 Å². The molecule has 0 amide bonds. The average Bonchev–Trinajstić information content (AvgIpc) is 2.34. The average molecular weight is 185 g/mol. The van der Waals surface area contributed by atoms with Crippen molar-refractivity contribution in [2.75, 3.05) is 6.61 Å². The third kappa shape index (κ3) is 4.10. The first kappa shape index (κ1) is 11.0. The summed E-state index contributed by atoms with van der Waals surface area (Å²) in [5.74, 6) is 0. The minimum Gasteiger partial charge on any atom is -0.378 e. The lowest BCUT2D eigenvalue weighted by Gasteiger charge is -2.29. The lowest BCUT2D eigenvalue weighted by molar-refractivity contribution is 0.0673. The van der Waals surface area contributed by atoms with Gasteiger partial charge in [-0.25, -0.2) is 0 Å². The fourth-order valence-corrected chi connectivity index (χ4v) is 2.38. The zero-order valence-corrected chi connectivity index (χ0v) is 9.18. The van der Waals surface area contributed by atoms with Crippen LogP contribution in [0.4, 0.5) is 0 Å². The Labute approximate surface area is 81.8 Å². The number of ether oxygens (including phenoxy) is 1. The fourth-order valence-electron chi connectivity index (χ4n) is 2.38. The molecule has 0 bridgehead atoms. The molecule has 0 aromatic heterocycles. The van der Waals surface area contributed by atoms with E-state index < -0.39 is 0 Å². The van der Waals surface area contributed by atoms with Crippen molar-refractivity contribution in [3.8, 4) is 0 Å². The summed E-state index contributed by atoms with van der Waals surface area (Å²) in [5.41, 5.74) is 6.15. The highest BCUT2D eigenvalue weighted by molar-refractivity contribution is 4.79. The van der Waals surface area contributed by atoms with Crippen LogP contribution in [0.15, 0.2) is 0 Å². The maximum absolute atomic E-state index is 5.81. The van der Waals surface area contributed by atoms with Crippen molar-refractivity contribution in [2.45, 2.75) is 58.6 Å². The van der Waals surface area contributed by atoms with Crippen LogP contribution < -0.4 is 5.73 Å². The molecule has 2 atom stereocenters. The van der Waals surface area contributed by atoms with Gasteiger partial charge in [0.2, 0.25) is 0 Å². The number of nitrogens with two attached hydrogens (primary N) is 1. The number of hydrogen-bond donors (Lipinski definition) is 1. The van der Waals surface area contributed by atoms with Crippen LogP contribution in [0.3, 0.4) is 0 Å². The molecule has 1 aliphatic heterocycles. The maximum Gasteiger partial charge on any atom is 0.0581 e. The summed E-state index contributed by atoms with van der Waals surface area (Å²) >= 11 is 0. The van der Waals surface area contributed by atoms with Crippen LogP contribution in [-0.4, -0.2) is 18.8 Å². The predicted molar refractivity (Wildman–Crippen MR) is 55.6 cm³/mol. The van der Waals surface area contributed by atoms with E-state index in [1.54, 1.807) is 0 Å². The number of hydrogen-bond acceptors (Lipinski definition) is 2. The summed E-state index contributed by atoms with van der Waals surface area (Å²) < 4.78 is 5.63. The summed E-state index contributed by atoms with van der Waals surface area (Å²) in [6.45, 7) is 7.62. The second-order valence-electron chi connectivity index (χ2n) is 5.18. The molecule has 1 heterocycles. The molecule has 0 aromatic carbocycles. The molecule has 0 saturated carbocycles. The molecule has 0 spiro atoms. The van der Waals surface area contributed by atoms with E-state index >= 15 is 0 Å². The minimum absolute atomic E-state index is 0.302. The van der Waals surface area contributed by atoms with E-state index in [1.165, 1.54) is 12.8 Å². The molecule has 0 radical (unpaired) electrons. The highest BCUT2D eigenvalue weighted by Gasteiger charge is 2.26. The summed E-state index contributed by atoms with van der Waals surface area (Å²) in [6.07, 6.45) is 5.22. The van der Waals surface area contributed by atoms with Gasteiger partial charge in [-0.2, -0.15) is 0 Å². The topological polar surface area (TPSA) is 35.2 Å². The first-order chi connectivity index (χ1) is 5.99. The van der Waals surface area contributed by atoms with Gasteiger partial charge in [0.15, 0.2) is 0 Å². The fraction of sp³-hybridized carbons (Fsp3) is 1.00. The van der Waals surface area contributed by atoms with E-state index in [2.05, 4.69) is 20.8 Å². The molecule has 2 heteroatoms. The second kappa shape index (κ2) is 4.43. The van der Waals surface area contributed by atoms with Gasteiger partial charge in [-0.05, 0) is 38.0 Å². The first-order valence-electron chi connectivity index (χ1n) is 5.37. The zero-order chi connectivity index (χ0) is 9.90. The molecule has 13 heavy (non-hydrogen) atoms. The Bertz CT molecular complexity index is 148. The van der Waals surface area contributed by atoms with Gasteiger partial charge in [-0.1, -0.05) is 13.8 Å². The Hall–Kier alpha value is -0.0800. The van der Waals surface area contributed by atoms with Crippen molar-refractivity contribution < 1.29 is 4.74 Å². The van der Waals surface area contributed by atoms with Crippen molar-refractivity contribution in [1.29, 1.82) is 0 Å². The van der Waals surface area contributed by atoms with Gasteiger partial charge in [0.25, 0.3) is 0 Å². The Morgan fingerprint density at radius 3 is 2.69 bits per heavy atom. The maximum atomic E-state index is 5.81. The van der Waals surface area contributed by atoms with E-state index in [0.717, 1.165) is 19.4 Å². The molecule has 78 valence electrons. The molecule has 2 N–H and O–H groups in total. The Kier molecular flexibility index (Phi) is 3.74. The molecule has 2 nitrogen and oxygen atoms in total. The van der Waals surface area contributed by atoms with Gasteiger partial charge in [-0.15, -0.1) is 0 Å². The van der Waals surface area contributed by atoms with E-state index in [-0.39, 0.29) is 0 Å². The summed E-state index contributed by atoms with van der Waals surface area (Å²) in [7, 11) is 0. The lowest BCUT2D eigenvalue weighted by Crippen LogP contribution is -2.28. The van der Waals surface area contributed by atoms with Gasteiger partial charge in [0, 0.05) is 12.6 Å². The number of rotatable bonds is 4. The van der Waals surface area contributed by atoms with Gasteiger partial charge >= 0.3 is 0 Å². The van der Waals surface area contributed by atoms with Crippen LogP contribution in [-0.2, 0) is 4.74 Å². The summed E-state index contributed by atoms with van der Waals surface area (Å²) in [4.78, 5) is 0.